The largest absolute Gasteiger partial charge is 0.494 e. The molecule has 1 fully saturated rings. The Morgan fingerprint density at radius 1 is 1.06 bits per heavy atom. The van der Waals surface area contributed by atoms with E-state index in [0.29, 0.717) is 17.9 Å². The summed E-state index contributed by atoms with van der Waals surface area (Å²) in [4.78, 5) is 28.5. The summed E-state index contributed by atoms with van der Waals surface area (Å²) >= 11 is 0. The van der Waals surface area contributed by atoms with E-state index < -0.39 is 17.8 Å². The number of rotatable bonds is 8. The van der Waals surface area contributed by atoms with Gasteiger partial charge in [0.2, 0.25) is 5.91 Å². The van der Waals surface area contributed by atoms with Crippen LogP contribution in [0.2, 0.25) is 0 Å². The SMILES string of the molecule is CCOc1ccc(C(C(=O)NC2CCCCC2)N(C(=O)c2ccco2)c2ccccc2F)cc1. The first-order valence-corrected chi connectivity index (χ1v) is 11.7. The Bertz CT molecular complexity index is 1090. The second kappa shape index (κ2) is 11.0. The normalized spacial score (nSPS) is 14.9. The van der Waals surface area contributed by atoms with Crippen LogP contribution in [0.5, 0.6) is 5.75 Å². The van der Waals surface area contributed by atoms with Crippen molar-refractivity contribution in [3.05, 3.63) is 84.1 Å². The van der Waals surface area contributed by atoms with E-state index in [2.05, 4.69) is 5.32 Å². The van der Waals surface area contributed by atoms with Gasteiger partial charge in [-0.05, 0) is 61.7 Å². The molecular formula is C27H29FN2O4. The minimum absolute atomic E-state index is 0.00146. The maximum absolute atomic E-state index is 15.0. The first kappa shape index (κ1) is 23.5. The highest BCUT2D eigenvalue weighted by Gasteiger charge is 2.36. The van der Waals surface area contributed by atoms with Gasteiger partial charge >= 0.3 is 0 Å². The van der Waals surface area contributed by atoms with Crippen LogP contribution in [0.3, 0.4) is 0 Å². The zero-order valence-corrected chi connectivity index (χ0v) is 19.2. The molecule has 1 heterocycles. The lowest BCUT2D eigenvalue weighted by atomic mass is 9.94. The Kier molecular flexibility index (Phi) is 7.62. The smallest absolute Gasteiger partial charge is 0.295 e. The van der Waals surface area contributed by atoms with E-state index in [4.69, 9.17) is 9.15 Å². The molecule has 1 unspecified atom stereocenters. The van der Waals surface area contributed by atoms with Crippen LogP contribution in [0.1, 0.15) is 61.2 Å². The number of carbonyl (C=O) groups excluding carboxylic acids is 2. The number of ether oxygens (including phenoxy) is 1. The van der Waals surface area contributed by atoms with Crippen molar-refractivity contribution in [2.24, 2.45) is 0 Å². The molecule has 34 heavy (non-hydrogen) atoms. The number of hydrogen-bond donors (Lipinski definition) is 1. The Morgan fingerprint density at radius 3 is 2.44 bits per heavy atom. The topological polar surface area (TPSA) is 71.8 Å². The van der Waals surface area contributed by atoms with Gasteiger partial charge in [0.25, 0.3) is 5.91 Å². The molecule has 3 aromatic rings. The molecule has 0 radical (unpaired) electrons. The van der Waals surface area contributed by atoms with Gasteiger partial charge in [-0.25, -0.2) is 4.39 Å². The number of nitrogens with zero attached hydrogens (tertiary/aromatic N) is 1. The number of anilines is 1. The van der Waals surface area contributed by atoms with Gasteiger partial charge in [-0.15, -0.1) is 0 Å². The van der Waals surface area contributed by atoms with E-state index in [1.807, 2.05) is 6.92 Å². The summed E-state index contributed by atoms with van der Waals surface area (Å²) in [7, 11) is 0. The number of furan rings is 1. The Balaban J connectivity index is 1.78. The highest BCUT2D eigenvalue weighted by molar-refractivity contribution is 6.08. The summed E-state index contributed by atoms with van der Waals surface area (Å²) < 4.78 is 25.9. The quantitative estimate of drug-likeness (QED) is 0.467. The monoisotopic (exact) mass is 464 g/mol. The first-order valence-electron chi connectivity index (χ1n) is 11.7. The van der Waals surface area contributed by atoms with Gasteiger partial charge in [-0.2, -0.15) is 0 Å². The number of carbonyl (C=O) groups is 2. The molecule has 2 amide bonds. The van der Waals surface area contributed by atoms with E-state index in [0.717, 1.165) is 32.1 Å². The summed E-state index contributed by atoms with van der Waals surface area (Å²) in [6, 6.07) is 14.9. The molecule has 0 bridgehead atoms. The van der Waals surface area contributed by atoms with Crippen LogP contribution in [0, 0.1) is 5.82 Å². The van der Waals surface area contributed by atoms with Gasteiger partial charge in [0, 0.05) is 6.04 Å². The number of benzene rings is 2. The van der Waals surface area contributed by atoms with Crippen LogP contribution in [0.15, 0.2) is 71.3 Å². The van der Waals surface area contributed by atoms with E-state index in [-0.39, 0.29) is 23.4 Å². The number of halogens is 1. The molecular weight excluding hydrogens is 435 g/mol. The average molecular weight is 465 g/mol. The van der Waals surface area contributed by atoms with Gasteiger partial charge in [0.15, 0.2) is 5.76 Å². The van der Waals surface area contributed by atoms with E-state index in [9.17, 15) is 9.59 Å². The summed E-state index contributed by atoms with van der Waals surface area (Å²) in [5.41, 5.74) is 0.543. The zero-order chi connectivity index (χ0) is 23.9. The third-order valence-electron chi connectivity index (χ3n) is 6.03. The maximum atomic E-state index is 15.0. The van der Waals surface area contributed by atoms with Crippen LogP contribution in [0.4, 0.5) is 10.1 Å². The maximum Gasteiger partial charge on any atom is 0.295 e. The molecule has 6 nitrogen and oxygen atoms in total. The number of para-hydroxylation sites is 1. The predicted molar refractivity (Wildman–Crippen MR) is 127 cm³/mol. The van der Waals surface area contributed by atoms with Crippen LogP contribution in [-0.2, 0) is 4.79 Å². The van der Waals surface area contributed by atoms with Crippen molar-refractivity contribution >= 4 is 17.5 Å². The second-order valence-corrected chi connectivity index (χ2v) is 8.35. The molecule has 4 rings (SSSR count). The fourth-order valence-electron chi connectivity index (χ4n) is 4.39. The van der Waals surface area contributed by atoms with Crippen molar-refractivity contribution in [1.82, 2.24) is 5.32 Å². The minimum atomic E-state index is -1.10. The lowest BCUT2D eigenvalue weighted by Crippen LogP contribution is -2.47. The molecule has 0 saturated heterocycles. The van der Waals surface area contributed by atoms with Crippen molar-refractivity contribution in [1.29, 1.82) is 0 Å². The number of hydrogen-bond acceptors (Lipinski definition) is 4. The van der Waals surface area contributed by atoms with E-state index in [1.165, 1.54) is 29.4 Å². The fourth-order valence-corrected chi connectivity index (χ4v) is 4.39. The molecule has 1 saturated carbocycles. The summed E-state index contributed by atoms with van der Waals surface area (Å²) in [5.74, 6) is -0.909. The molecule has 2 aromatic carbocycles. The molecule has 1 aliphatic rings. The van der Waals surface area contributed by atoms with Gasteiger partial charge < -0.3 is 14.5 Å². The van der Waals surface area contributed by atoms with Crippen molar-refractivity contribution in [2.75, 3.05) is 11.5 Å². The van der Waals surface area contributed by atoms with Crippen molar-refractivity contribution < 1.29 is 23.1 Å². The van der Waals surface area contributed by atoms with Crippen LogP contribution in [0.25, 0.3) is 0 Å². The Labute approximate surface area is 198 Å². The Morgan fingerprint density at radius 2 is 1.79 bits per heavy atom. The first-order chi connectivity index (χ1) is 16.6. The average Bonchev–Trinajstić information content (AvgIpc) is 3.39. The Hall–Kier alpha value is -3.61. The van der Waals surface area contributed by atoms with Crippen LogP contribution < -0.4 is 15.0 Å². The van der Waals surface area contributed by atoms with Crippen LogP contribution >= 0.6 is 0 Å². The lowest BCUT2D eigenvalue weighted by Gasteiger charge is -2.33. The van der Waals surface area contributed by atoms with Gasteiger partial charge in [0.05, 0.1) is 18.6 Å². The summed E-state index contributed by atoms with van der Waals surface area (Å²) in [6.45, 7) is 2.39. The van der Waals surface area contributed by atoms with Crippen molar-refractivity contribution in [3.8, 4) is 5.75 Å². The van der Waals surface area contributed by atoms with Crippen molar-refractivity contribution in [2.45, 2.75) is 51.1 Å². The number of amides is 2. The molecule has 178 valence electrons. The van der Waals surface area contributed by atoms with Crippen molar-refractivity contribution in [3.63, 3.8) is 0 Å². The predicted octanol–water partition coefficient (Wildman–Crippen LogP) is 5.65. The highest BCUT2D eigenvalue weighted by Crippen LogP contribution is 2.33. The van der Waals surface area contributed by atoms with Crippen LogP contribution in [-0.4, -0.2) is 24.5 Å². The third kappa shape index (κ3) is 5.30. The van der Waals surface area contributed by atoms with E-state index >= 15 is 4.39 Å². The van der Waals surface area contributed by atoms with Gasteiger partial charge in [-0.3, -0.25) is 14.5 Å². The third-order valence-corrected chi connectivity index (χ3v) is 6.03. The molecule has 0 aliphatic heterocycles. The summed E-state index contributed by atoms with van der Waals surface area (Å²) in [5, 5.41) is 3.11. The second-order valence-electron chi connectivity index (χ2n) is 8.35. The molecule has 1 atom stereocenters. The minimum Gasteiger partial charge on any atom is -0.494 e. The van der Waals surface area contributed by atoms with Gasteiger partial charge in [-0.1, -0.05) is 43.5 Å². The highest BCUT2D eigenvalue weighted by atomic mass is 19.1. The number of nitrogens with one attached hydrogen (secondary N) is 1. The molecule has 1 aliphatic carbocycles. The lowest BCUT2D eigenvalue weighted by molar-refractivity contribution is -0.123. The van der Waals surface area contributed by atoms with Gasteiger partial charge in [0.1, 0.15) is 17.6 Å². The molecule has 1 aromatic heterocycles. The molecule has 1 N–H and O–H groups in total. The molecule has 7 heteroatoms. The zero-order valence-electron chi connectivity index (χ0n) is 19.2. The fraction of sp³-hybridized carbons (Fsp3) is 0.333. The standard InChI is InChI=1S/C27H29FN2O4/c1-2-33-21-16-14-19(15-17-21)25(26(31)29-20-9-4-3-5-10-20)30(23-12-7-6-11-22(23)28)27(32)24-13-8-18-34-24/h6-8,11-18,20,25H,2-5,9-10H2,1H3,(H,29,31). The van der Waals surface area contributed by atoms with E-state index in [1.54, 1.807) is 42.5 Å². The summed E-state index contributed by atoms with van der Waals surface area (Å²) in [6.07, 6.45) is 6.37. The molecule has 0 spiro atoms.